The van der Waals surface area contributed by atoms with Gasteiger partial charge in [-0.05, 0) is 73.7 Å². The molecule has 31 heavy (non-hydrogen) atoms. The number of furan rings is 1. The molecule has 0 spiro atoms. The van der Waals surface area contributed by atoms with Crippen LogP contribution in [-0.4, -0.2) is 26.7 Å². The van der Waals surface area contributed by atoms with E-state index in [0.29, 0.717) is 40.3 Å². The third-order valence-electron chi connectivity index (χ3n) is 4.90. The number of benzene rings is 3. The van der Waals surface area contributed by atoms with Crippen molar-refractivity contribution in [3.05, 3.63) is 72.3 Å². The first-order chi connectivity index (χ1) is 15.1. The molecular formula is C25H23NO5. The summed E-state index contributed by atoms with van der Waals surface area (Å²) in [5, 5.41) is 3.63. The van der Waals surface area contributed by atoms with Gasteiger partial charge in [-0.25, -0.2) is 0 Å². The number of carbonyl (C=O) groups excluding carboxylic acids is 1. The van der Waals surface area contributed by atoms with Crippen LogP contribution < -0.4 is 19.5 Å². The number of hydrogen-bond acceptors (Lipinski definition) is 5. The third kappa shape index (κ3) is 4.19. The summed E-state index contributed by atoms with van der Waals surface area (Å²) in [6, 6.07) is 20.0. The fraction of sp³-hybridized carbons (Fsp3) is 0.160. The van der Waals surface area contributed by atoms with Gasteiger partial charge >= 0.3 is 0 Å². The van der Waals surface area contributed by atoms with Gasteiger partial charge in [0, 0.05) is 16.6 Å². The first-order valence-corrected chi connectivity index (χ1v) is 9.92. The number of ether oxygens (including phenoxy) is 3. The second-order valence-corrected chi connectivity index (χ2v) is 6.81. The van der Waals surface area contributed by atoms with Crippen LogP contribution in [0.2, 0.25) is 0 Å². The van der Waals surface area contributed by atoms with Crippen LogP contribution in [-0.2, 0) is 0 Å². The van der Waals surface area contributed by atoms with Crippen LogP contribution in [0.5, 0.6) is 17.2 Å². The summed E-state index contributed by atoms with van der Waals surface area (Å²) in [5.74, 6) is 2.32. The summed E-state index contributed by atoms with van der Waals surface area (Å²) in [5.41, 5.74) is 2.47. The zero-order chi connectivity index (χ0) is 21.8. The van der Waals surface area contributed by atoms with Gasteiger partial charge in [0.1, 0.15) is 28.6 Å². The summed E-state index contributed by atoms with van der Waals surface area (Å²) < 4.78 is 22.2. The Morgan fingerprint density at radius 2 is 1.52 bits per heavy atom. The van der Waals surface area contributed by atoms with E-state index in [9.17, 15) is 4.79 Å². The second kappa shape index (κ2) is 8.83. The molecule has 0 atom stereocenters. The quantitative estimate of drug-likeness (QED) is 0.413. The highest BCUT2D eigenvalue weighted by Crippen LogP contribution is 2.36. The lowest BCUT2D eigenvalue weighted by Crippen LogP contribution is -2.12. The number of nitrogens with one attached hydrogen (secondary N) is 1. The van der Waals surface area contributed by atoms with E-state index in [-0.39, 0.29) is 5.91 Å². The molecule has 0 radical (unpaired) electrons. The zero-order valence-electron chi connectivity index (χ0n) is 17.6. The van der Waals surface area contributed by atoms with Crippen LogP contribution in [0.4, 0.5) is 5.69 Å². The van der Waals surface area contributed by atoms with Gasteiger partial charge in [-0.3, -0.25) is 4.79 Å². The number of methoxy groups -OCH3 is 2. The molecular weight excluding hydrogens is 394 g/mol. The number of amides is 1. The Kier molecular flexibility index (Phi) is 5.80. The van der Waals surface area contributed by atoms with Crippen molar-refractivity contribution in [3.8, 4) is 28.6 Å². The summed E-state index contributed by atoms with van der Waals surface area (Å²) >= 11 is 0. The van der Waals surface area contributed by atoms with Crippen molar-refractivity contribution in [2.24, 2.45) is 0 Å². The summed E-state index contributed by atoms with van der Waals surface area (Å²) in [6.45, 7) is 2.51. The molecule has 1 amide bonds. The lowest BCUT2D eigenvalue weighted by atomic mass is 10.0. The summed E-state index contributed by atoms with van der Waals surface area (Å²) in [7, 11) is 3.20. The fourth-order valence-electron chi connectivity index (χ4n) is 3.37. The molecule has 0 aliphatic rings. The molecule has 1 heterocycles. The molecule has 1 aromatic heterocycles. The molecule has 0 aliphatic carbocycles. The maximum absolute atomic E-state index is 13.3. The van der Waals surface area contributed by atoms with E-state index >= 15 is 0 Å². The number of fused-ring (bicyclic) bond motifs is 1. The largest absolute Gasteiger partial charge is 0.497 e. The van der Waals surface area contributed by atoms with Crippen molar-refractivity contribution in [2.45, 2.75) is 6.92 Å². The molecule has 6 heteroatoms. The van der Waals surface area contributed by atoms with Crippen LogP contribution in [0.3, 0.4) is 0 Å². The van der Waals surface area contributed by atoms with Crippen LogP contribution >= 0.6 is 0 Å². The predicted octanol–water partition coefficient (Wildman–Crippen LogP) is 5.77. The monoisotopic (exact) mass is 417 g/mol. The summed E-state index contributed by atoms with van der Waals surface area (Å²) in [4.78, 5) is 13.3. The lowest BCUT2D eigenvalue weighted by Gasteiger charge is -2.08. The van der Waals surface area contributed by atoms with Gasteiger partial charge in [0.25, 0.3) is 5.91 Å². The standard InChI is InChI=1S/C25H23NO5/c1-4-30-19-11-7-17(8-12-19)26-25(27)23-21-15-20(29-3)13-14-22(21)31-24(23)16-5-9-18(28-2)10-6-16/h5-15H,4H2,1-3H3,(H,26,27). The minimum absolute atomic E-state index is 0.276. The predicted molar refractivity (Wildman–Crippen MR) is 120 cm³/mol. The Morgan fingerprint density at radius 3 is 2.16 bits per heavy atom. The first kappa shape index (κ1) is 20.3. The van der Waals surface area contributed by atoms with E-state index in [4.69, 9.17) is 18.6 Å². The van der Waals surface area contributed by atoms with Crippen LogP contribution in [0.15, 0.2) is 71.1 Å². The number of carbonyl (C=O) groups is 1. The highest BCUT2D eigenvalue weighted by atomic mass is 16.5. The second-order valence-electron chi connectivity index (χ2n) is 6.81. The Hall–Kier alpha value is -3.93. The summed E-state index contributed by atoms with van der Waals surface area (Å²) in [6.07, 6.45) is 0. The lowest BCUT2D eigenvalue weighted by molar-refractivity contribution is 0.102. The molecule has 0 saturated carbocycles. The molecule has 0 bridgehead atoms. The molecule has 0 aliphatic heterocycles. The highest BCUT2D eigenvalue weighted by molar-refractivity contribution is 6.16. The van der Waals surface area contributed by atoms with Crippen molar-refractivity contribution in [1.82, 2.24) is 0 Å². The smallest absolute Gasteiger partial charge is 0.260 e. The SMILES string of the molecule is CCOc1ccc(NC(=O)c2c(-c3ccc(OC)cc3)oc3ccc(OC)cc23)cc1. The average Bonchev–Trinajstić information content (AvgIpc) is 3.19. The number of hydrogen-bond donors (Lipinski definition) is 1. The van der Waals surface area contributed by atoms with Gasteiger partial charge in [0.15, 0.2) is 0 Å². The average molecular weight is 417 g/mol. The maximum atomic E-state index is 13.3. The zero-order valence-corrected chi connectivity index (χ0v) is 17.6. The van der Waals surface area contributed by atoms with Crippen molar-refractivity contribution >= 4 is 22.6 Å². The van der Waals surface area contributed by atoms with Gasteiger partial charge < -0.3 is 23.9 Å². The van der Waals surface area contributed by atoms with Crippen LogP contribution in [0.25, 0.3) is 22.3 Å². The molecule has 0 saturated heterocycles. The molecule has 158 valence electrons. The molecule has 4 aromatic rings. The molecule has 4 rings (SSSR count). The fourth-order valence-corrected chi connectivity index (χ4v) is 3.37. The Bertz CT molecular complexity index is 1190. The molecule has 6 nitrogen and oxygen atoms in total. The Morgan fingerprint density at radius 1 is 0.871 bits per heavy atom. The van der Waals surface area contributed by atoms with Gasteiger partial charge in [0.05, 0.1) is 26.4 Å². The molecule has 1 N–H and O–H groups in total. The van der Waals surface area contributed by atoms with E-state index in [2.05, 4.69) is 5.32 Å². The van der Waals surface area contributed by atoms with E-state index in [1.807, 2.05) is 43.3 Å². The van der Waals surface area contributed by atoms with Gasteiger partial charge in [0.2, 0.25) is 0 Å². The van der Waals surface area contributed by atoms with E-state index in [1.165, 1.54) is 0 Å². The third-order valence-corrected chi connectivity index (χ3v) is 4.90. The van der Waals surface area contributed by atoms with E-state index in [0.717, 1.165) is 17.1 Å². The van der Waals surface area contributed by atoms with Crippen LogP contribution in [0, 0.1) is 0 Å². The highest BCUT2D eigenvalue weighted by Gasteiger charge is 2.23. The molecule has 0 fully saturated rings. The molecule has 0 unspecified atom stereocenters. The minimum Gasteiger partial charge on any atom is -0.497 e. The van der Waals surface area contributed by atoms with Gasteiger partial charge in [-0.1, -0.05) is 0 Å². The minimum atomic E-state index is -0.276. The van der Waals surface area contributed by atoms with Gasteiger partial charge in [-0.2, -0.15) is 0 Å². The normalized spacial score (nSPS) is 10.7. The van der Waals surface area contributed by atoms with E-state index in [1.54, 1.807) is 44.6 Å². The number of anilines is 1. The number of rotatable bonds is 7. The Labute approximate surface area is 180 Å². The van der Waals surface area contributed by atoms with Crippen molar-refractivity contribution in [1.29, 1.82) is 0 Å². The van der Waals surface area contributed by atoms with Crippen molar-refractivity contribution < 1.29 is 23.4 Å². The topological polar surface area (TPSA) is 69.9 Å². The maximum Gasteiger partial charge on any atom is 0.260 e. The molecule has 3 aromatic carbocycles. The van der Waals surface area contributed by atoms with E-state index < -0.39 is 0 Å². The van der Waals surface area contributed by atoms with Gasteiger partial charge in [-0.15, -0.1) is 0 Å². The Balaban J connectivity index is 1.76. The first-order valence-electron chi connectivity index (χ1n) is 9.92. The van der Waals surface area contributed by atoms with Crippen LogP contribution in [0.1, 0.15) is 17.3 Å². The van der Waals surface area contributed by atoms with Crippen molar-refractivity contribution in [2.75, 3.05) is 26.1 Å². The van der Waals surface area contributed by atoms with Crippen molar-refractivity contribution in [3.63, 3.8) is 0 Å².